The van der Waals surface area contributed by atoms with Gasteiger partial charge in [-0.3, -0.25) is 9.59 Å². The van der Waals surface area contributed by atoms with E-state index >= 15 is 0 Å². The lowest BCUT2D eigenvalue weighted by Gasteiger charge is -2.48. The van der Waals surface area contributed by atoms with Crippen molar-refractivity contribution in [3.8, 4) is 0 Å². The zero-order valence-electron chi connectivity index (χ0n) is 14.2. The molecule has 0 radical (unpaired) electrons. The van der Waals surface area contributed by atoms with E-state index in [0.29, 0.717) is 19.4 Å². The Bertz CT molecular complexity index is 590. The molecule has 1 spiro atoms. The molecule has 130 valence electrons. The number of amides is 2. The highest BCUT2D eigenvalue weighted by atomic mass is 16.2. The minimum absolute atomic E-state index is 0.179. The number of benzene rings is 1. The van der Waals surface area contributed by atoms with Crippen molar-refractivity contribution in [2.24, 2.45) is 11.1 Å². The third-order valence-corrected chi connectivity index (χ3v) is 5.38. The monoisotopic (exact) mass is 329 g/mol. The predicted octanol–water partition coefficient (Wildman–Crippen LogP) is 1.77. The van der Waals surface area contributed by atoms with Crippen LogP contribution < -0.4 is 5.73 Å². The number of nitrogens with two attached hydrogens (primary N) is 1. The summed E-state index contributed by atoms with van der Waals surface area (Å²) in [6.45, 7) is 4.26. The van der Waals surface area contributed by atoms with E-state index < -0.39 is 0 Å². The van der Waals surface area contributed by atoms with Crippen LogP contribution in [0.25, 0.3) is 0 Å². The first-order valence-corrected chi connectivity index (χ1v) is 8.89. The molecule has 0 bridgehead atoms. The van der Waals surface area contributed by atoms with Gasteiger partial charge in [0.2, 0.25) is 11.8 Å². The molecule has 2 N–H and O–H groups in total. The molecule has 0 aliphatic carbocycles. The molecular formula is C19H27N3O2. The van der Waals surface area contributed by atoms with E-state index in [-0.39, 0.29) is 17.2 Å². The summed E-state index contributed by atoms with van der Waals surface area (Å²) in [5, 5.41) is 0. The van der Waals surface area contributed by atoms with E-state index in [1.54, 1.807) is 0 Å². The van der Waals surface area contributed by atoms with E-state index in [0.717, 1.165) is 39.0 Å². The highest BCUT2D eigenvalue weighted by molar-refractivity contribution is 5.77. The summed E-state index contributed by atoms with van der Waals surface area (Å²) in [5.74, 6) is 0.0258. The van der Waals surface area contributed by atoms with Crippen LogP contribution in [-0.2, 0) is 16.1 Å². The molecule has 2 amide bonds. The van der Waals surface area contributed by atoms with Gasteiger partial charge in [0.1, 0.15) is 0 Å². The van der Waals surface area contributed by atoms with E-state index in [4.69, 9.17) is 5.73 Å². The van der Waals surface area contributed by atoms with Crippen molar-refractivity contribution in [1.82, 2.24) is 9.80 Å². The lowest BCUT2D eigenvalue weighted by molar-refractivity contribution is -0.140. The molecule has 2 heterocycles. The molecule has 2 aliphatic heterocycles. The summed E-state index contributed by atoms with van der Waals surface area (Å²) in [5.41, 5.74) is 6.65. The summed E-state index contributed by atoms with van der Waals surface area (Å²) >= 11 is 0. The number of carbonyl (C=O) groups is 2. The molecule has 1 aromatic carbocycles. The molecule has 2 aliphatic rings. The van der Waals surface area contributed by atoms with Crippen LogP contribution in [-0.4, -0.2) is 47.8 Å². The highest BCUT2D eigenvalue weighted by Gasteiger charge is 2.41. The molecule has 3 rings (SSSR count). The average Bonchev–Trinajstić information content (AvgIpc) is 2.58. The second-order valence-electron chi connectivity index (χ2n) is 7.33. The quantitative estimate of drug-likeness (QED) is 0.895. The van der Waals surface area contributed by atoms with Crippen LogP contribution in [0.5, 0.6) is 0 Å². The minimum Gasteiger partial charge on any atom is -0.370 e. The summed E-state index contributed by atoms with van der Waals surface area (Å²) in [4.78, 5) is 27.8. The van der Waals surface area contributed by atoms with Gasteiger partial charge in [0.05, 0.1) is 0 Å². The zero-order chi connectivity index (χ0) is 17.0. The zero-order valence-corrected chi connectivity index (χ0v) is 14.2. The van der Waals surface area contributed by atoms with Crippen LogP contribution in [0, 0.1) is 5.41 Å². The summed E-state index contributed by atoms with van der Waals surface area (Å²) in [6.07, 6.45) is 4.31. The Morgan fingerprint density at radius 3 is 2.71 bits per heavy atom. The van der Waals surface area contributed by atoms with E-state index in [9.17, 15) is 9.59 Å². The first kappa shape index (κ1) is 17.0. The fourth-order valence-corrected chi connectivity index (χ4v) is 4.15. The van der Waals surface area contributed by atoms with Gasteiger partial charge in [0, 0.05) is 44.4 Å². The van der Waals surface area contributed by atoms with Gasteiger partial charge in [-0.2, -0.15) is 0 Å². The number of nitrogens with zero attached hydrogens (tertiary/aromatic N) is 2. The van der Waals surface area contributed by atoms with Crippen LogP contribution >= 0.6 is 0 Å². The van der Waals surface area contributed by atoms with Crippen LogP contribution in [0.4, 0.5) is 0 Å². The Hall–Kier alpha value is -1.88. The van der Waals surface area contributed by atoms with E-state index in [1.165, 1.54) is 12.0 Å². The first-order valence-electron chi connectivity index (χ1n) is 8.89. The molecule has 0 saturated carbocycles. The van der Waals surface area contributed by atoms with Gasteiger partial charge in [0.15, 0.2) is 0 Å². The largest absolute Gasteiger partial charge is 0.370 e. The number of carbonyl (C=O) groups excluding carboxylic acids is 2. The van der Waals surface area contributed by atoms with Crippen molar-refractivity contribution in [2.75, 3.05) is 26.2 Å². The minimum atomic E-state index is -0.237. The standard InChI is InChI=1S/C19H27N3O2/c20-17(23)8-12-21-11-4-9-19(14-21)10-7-18(24)22(15-19)13-16-5-2-1-3-6-16/h1-3,5-6H,4,7-15H2,(H2,20,23)/t19-/m0/s1. The van der Waals surface area contributed by atoms with Crippen LogP contribution in [0.3, 0.4) is 0 Å². The Morgan fingerprint density at radius 1 is 1.17 bits per heavy atom. The fourth-order valence-electron chi connectivity index (χ4n) is 4.15. The van der Waals surface area contributed by atoms with Gasteiger partial charge in [-0.1, -0.05) is 30.3 Å². The lowest BCUT2D eigenvalue weighted by Crippen LogP contribution is -2.54. The number of likely N-dealkylation sites (tertiary alicyclic amines) is 2. The molecule has 24 heavy (non-hydrogen) atoms. The van der Waals surface area contributed by atoms with Crippen molar-refractivity contribution in [1.29, 1.82) is 0 Å². The molecular weight excluding hydrogens is 302 g/mol. The maximum absolute atomic E-state index is 12.4. The SMILES string of the molecule is NC(=O)CCN1CCC[C@]2(CCC(=O)N(Cc3ccccc3)C2)C1. The normalized spacial score (nSPS) is 25.2. The van der Waals surface area contributed by atoms with Gasteiger partial charge in [-0.05, 0) is 31.4 Å². The Balaban J connectivity index is 1.64. The molecule has 0 unspecified atom stereocenters. The predicted molar refractivity (Wildman–Crippen MR) is 93.0 cm³/mol. The van der Waals surface area contributed by atoms with Crippen molar-refractivity contribution in [3.63, 3.8) is 0 Å². The second-order valence-corrected chi connectivity index (χ2v) is 7.33. The second kappa shape index (κ2) is 7.34. The summed E-state index contributed by atoms with van der Waals surface area (Å²) < 4.78 is 0. The van der Waals surface area contributed by atoms with Gasteiger partial charge in [-0.15, -0.1) is 0 Å². The summed E-state index contributed by atoms with van der Waals surface area (Å²) in [6, 6.07) is 10.2. The van der Waals surface area contributed by atoms with Crippen molar-refractivity contribution < 1.29 is 9.59 Å². The Morgan fingerprint density at radius 2 is 1.96 bits per heavy atom. The van der Waals surface area contributed by atoms with Crippen LogP contribution in [0.1, 0.15) is 37.7 Å². The van der Waals surface area contributed by atoms with Crippen molar-refractivity contribution in [2.45, 2.75) is 38.6 Å². The Kier molecular flexibility index (Phi) is 5.19. The van der Waals surface area contributed by atoms with E-state index in [1.807, 2.05) is 23.1 Å². The lowest BCUT2D eigenvalue weighted by atomic mass is 9.73. The Labute approximate surface area is 143 Å². The van der Waals surface area contributed by atoms with Crippen molar-refractivity contribution in [3.05, 3.63) is 35.9 Å². The van der Waals surface area contributed by atoms with Gasteiger partial charge >= 0.3 is 0 Å². The molecule has 5 nitrogen and oxygen atoms in total. The number of primary amides is 1. The fraction of sp³-hybridized carbons (Fsp3) is 0.579. The third kappa shape index (κ3) is 4.15. The third-order valence-electron chi connectivity index (χ3n) is 5.38. The van der Waals surface area contributed by atoms with Crippen LogP contribution in [0.2, 0.25) is 0 Å². The summed E-state index contributed by atoms with van der Waals surface area (Å²) in [7, 11) is 0. The number of hydrogen-bond donors (Lipinski definition) is 1. The molecule has 0 aromatic heterocycles. The van der Waals surface area contributed by atoms with Gasteiger partial charge in [0.25, 0.3) is 0 Å². The maximum Gasteiger partial charge on any atom is 0.222 e. The smallest absolute Gasteiger partial charge is 0.222 e. The van der Waals surface area contributed by atoms with Crippen LogP contribution in [0.15, 0.2) is 30.3 Å². The topological polar surface area (TPSA) is 66.6 Å². The maximum atomic E-state index is 12.4. The number of piperidine rings is 2. The van der Waals surface area contributed by atoms with E-state index in [2.05, 4.69) is 17.0 Å². The molecule has 2 fully saturated rings. The molecule has 5 heteroatoms. The van der Waals surface area contributed by atoms with Gasteiger partial charge in [-0.25, -0.2) is 0 Å². The molecule has 1 atom stereocenters. The first-order chi connectivity index (χ1) is 11.6. The number of rotatable bonds is 5. The van der Waals surface area contributed by atoms with Gasteiger partial charge < -0.3 is 15.5 Å². The molecule has 1 aromatic rings. The van der Waals surface area contributed by atoms with Crippen molar-refractivity contribution >= 4 is 11.8 Å². The average molecular weight is 329 g/mol. The molecule has 2 saturated heterocycles. The highest BCUT2D eigenvalue weighted by Crippen LogP contribution is 2.39. The number of hydrogen-bond acceptors (Lipinski definition) is 3.